The molecule has 0 unspecified atom stereocenters. The van der Waals surface area contributed by atoms with Crippen LogP contribution >= 0.6 is 0 Å². The smallest absolute Gasteiger partial charge is 0.378 e. The van der Waals surface area contributed by atoms with Gasteiger partial charge in [0.1, 0.15) is 6.04 Å². The van der Waals surface area contributed by atoms with Gasteiger partial charge < -0.3 is 24.2 Å². The Kier molecular flexibility index (Phi) is 13.3. The van der Waals surface area contributed by atoms with Crippen molar-refractivity contribution >= 4 is 23.6 Å². The average Bonchev–Trinajstić information content (AvgIpc) is 3.15. The first-order valence-electron chi connectivity index (χ1n) is 17.5. The summed E-state index contributed by atoms with van der Waals surface area (Å²) in [6, 6.07) is 27.4. The molecule has 1 aliphatic rings. The molecule has 1 saturated heterocycles. The van der Waals surface area contributed by atoms with Crippen molar-refractivity contribution in [3.63, 3.8) is 0 Å². The minimum Gasteiger partial charge on any atom is -0.378 e. The number of anilines is 1. The fourth-order valence-corrected chi connectivity index (χ4v) is 6.14. The predicted molar refractivity (Wildman–Crippen MR) is 198 cm³/mol. The molecule has 10 heteroatoms. The Bertz CT molecular complexity index is 1790. The lowest BCUT2D eigenvalue weighted by Crippen LogP contribution is -2.51. The lowest BCUT2D eigenvalue weighted by molar-refractivity contribution is -0.143. The highest BCUT2D eigenvalue weighted by atomic mass is 19.4. The second kappa shape index (κ2) is 18.0. The molecule has 1 aliphatic heterocycles. The summed E-state index contributed by atoms with van der Waals surface area (Å²) in [5.41, 5.74) is 5.82. The van der Waals surface area contributed by atoms with Gasteiger partial charge in [0.05, 0.1) is 32.0 Å². The summed E-state index contributed by atoms with van der Waals surface area (Å²) in [7, 11) is 1.71. The van der Waals surface area contributed by atoms with Gasteiger partial charge in [0.15, 0.2) is 0 Å². The van der Waals surface area contributed by atoms with E-state index in [1.165, 1.54) is 29.8 Å². The Morgan fingerprint density at radius 2 is 1.60 bits per heavy atom. The minimum atomic E-state index is -4.46. The number of aryl methyl sites for hydroxylation is 2. The third-order valence-corrected chi connectivity index (χ3v) is 9.24. The van der Waals surface area contributed by atoms with Crippen molar-refractivity contribution in [2.24, 2.45) is 0 Å². The van der Waals surface area contributed by atoms with Gasteiger partial charge in [0.2, 0.25) is 11.8 Å². The standard InChI is InChI=1S/C42H46F3N3O4/c1-31-9-15-36(32(2)27-31)30-52-24-21-46(3)41(50)39(28-34-7-5-4-6-8-34)48(29-35-12-18-38(19-13-35)47-22-25-51-26-23-47)40(49)20-14-33-10-16-37(17-11-33)42(43,44)45/h4-20,27,39H,21-26,28-30H2,1-3H3/t39-/m0/s1. The van der Waals surface area contributed by atoms with Gasteiger partial charge in [-0.3, -0.25) is 9.59 Å². The van der Waals surface area contributed by atoms with E-state index >= 15 is 0 Å². The van der Waals surface area contributed by atoms with E-state index in [1.807, 2.05) is 80.6 Å². The molecule has 2 amide bonds. The maximum Gasteiger partial charge on any atom is 0.416 e. The summed E-state index contributed by atoms with van der Waals surface area (Å²) in [5, 5.41) is 0. The second-order valence-electron chi connectivity index (χ2n) is 13.1. The van der Waals surface area contributed by atoms with Gasteiger partial charge in [-0.25, -0.2) is 0 Å². The van der Waals surface area contributed by atoms with Crippen molar-refractivity contribution in [3.05, 3.63) is 142 Å². The van der Waals surface area contributed by atoms with Crippen molar-refractivity contribution in [2.75, 3.05) is 51.4 Å². The number of benzene rings is 4. The van der Waals surface area contributed by atoms with Crippen LogP contribution in [-0.4, -0.2) is 74.2 Å². The maximum atomic E-state index is 14.3. The number of alkyl halides is 3. The largest absolute Gasteiger partial charge is 0.416 e. The first kappa shape index (κ1) is 38.3. The highest BCUT2D eigenvalue weighted by Crippen LogP contribution is 2.29. The first-order chi connectivity index (χ1) is 25.0. The highest BCUT2D eigenvalue weighted by molar-refractivity contribution is 5.95. The molecule has 1 atom stereocenters. The third kappa shape index (κ3) is 10.8. The molecule has 0 aromatic heterocycles. The molecule has 274 valence electrons. The Labute approximate surface area is 304 Å². The molecular formula is C42H46F3N3O4. The Morgan fingerprint density at radius 3 is 2.25 bits per heavy atom. The Balaban J connectivity index is 1.39. The summed E-state index contributed by atoms with van der Waals surface area (Å²) < 4.78 is 50.9. The van der Waals surface area contributed by atoms with Gasteiger partial charge in [-0.15, -0.1) is 0 Å². The number of carbonyl (C=O) groups is 2. The number of rotatable bonds is 14. The molecule has 0 spiro atoms. The molecule has 7 nitrogen and oxygen atoms in total. The summed E-state index contributed by atoms with van der Waals surface area (Å²) in [6.45, 7) is 8.14. The van der Waals surface area contributed by atoms with Crippen molar-refractivity contribution in [3.8, 4) is 0 Å². The van der Waals surface area contributed by atoms with Crippen LogP contribution in [0.4, 0.5) is 18.9 Å². The number of nitrogens with zero attached hydrogens (tertiary/aromatic N) is 3. The van der Waals surface area contributed by atoms with E-state index in [0.29, 0.717) is 38.5 Å². The molecule has 0 bridgehead atoms. The van der Waals surface area contributed by atoms with E-state index in [4.69, 9.17) is 9.47 Å². The predicted octanol–water partition coefficient (Wildman–Crippen LogP) is 7.49. The number of morpholine rings is 1. The van der Waals surface area contributed by atoms with Crippen molar-refractivity contribution in [1.82, 2.24) is 9.80 Å². The van der Waals surface area contributed by atoms with Gasteiger partial charge in [-0.2, -0.15) is 13.2 Å². The maximum absolute atomic E-state index is 14.3. The normalized spacial score (nSPS) is 14.0. The van der Waals surface area contributed by atoms with Crippen LogP contribution in [0.5, 0.6) is 0 Å². The summed E-state index contributed by atoms with van der Waals surface area (Å²) in [4.78, 5) is 33.8. The van der Waals surface area contributed by atoms with Gasteiger partial charge >= 0.3 is 6.18 Å². The number of hydrogen-bond donors (Lipinski definition) is 0. The monoisotopic (exact) mass is 713 g/mol. The molecule has 4 aromatic rings. The molecule has 52 heavy (non-hydrogen) atoms. The molecule has 0 saturated carbocycles. The number of carbonyl (C=O) groups excluding carboxylic acids is 2. The van der Waals surface area contributed by atoms with Crippen LogP contribution in [-0.2, 0) is 44.8 Å². The number of halogens is 3. The van der Waals surface area contributed by atoms with Crippen molar-refractivity contribution in [1.29, 1.82) is 0 Å². The van der Waals surface area contributed by atoms with Crippen LogP contribution < -0.4 is 4.90 Å². The highest BCUT2D eigenvalue weighted by Gasteiger charge is 2.32. The van der Waals surface area contributed by atoms with Crippen LogP contribution in [0, 0.1) is 13.8 Å². The molecule has 1 fully saturated rings. The number of ether oxygens (including phenoxy) is 2. The van der Waals surface area contributed by atoms with Crippen LogP contribution in [0.25, 0.3) is 6.08 Å². The zero-order valence-corrected chi connectivity index (χ0v) is 29.9. The van der Waals surface area contributed by atoms with E-state index < -0.39 is 23.7 Å². The van der Waals surface area contributed by atoms with Crippen LogP contribution in [0.3, 0.4) is 0 Å². The first-order valence-corrected chi connectivity index (χ1v) is 17.5. The molecule has 0 aliphatic carbocycles. The number of hydrogen-bond acceptors (Lipinski definition) is 5. The van der Waals surface area contributed by atoms with E-state index in [2.05, 4.69) is 11.0 Å². The van der Waals surface area contributed by atoms with Crippen LogP contribution in [0.2, 0.25) is 0 Å². The summed E-state index contributed by atoms with van der Waals surface area (Å²) >= 11 is 0. The molecule has 0 N–H and O–H groups in total. The molecule has 1 heterocycles. The lowest BCUT2D eigenvalue weighted by Gasteiger charge is -2.34. The van der Waals surface area contributed by atoms with Gasteiger partial charge in [-0.05, 0) is 72.0 Å². The fourth-order valence-electron chi connectivity index (χ4n) is 6.14. The van der Waals surface area contributed by atoms with E-state index in [0.717, 1.165) is 53.2 Å². The molecular weight excluding hydrogens is 667 g/mol. The zero-order chi connectivity index (χ0) is 37.1. The Hall–Kier alpha value is -4.93. The van der Waals surface area contributed by atoms with Gasteiger partial charge in [-0.1, -0.05) is 78.4 Å². The van der Waals surface area contributed by atoms with Gasteiger partial charge in [0, 0.05) is 51.4 Å². The fraction of sp³-hybridized carbons (Fsp3) is 0.333. The number of likely N-dealkylation sites (N-methyl/N-ethyl adjacent to an activating group) is 1. The molecule has 0 radical (unpaired) electrons. The quantitative estimate of drug-likeness (QED) is 0.100. The van der Waals surface area contributed by atoms with E-state index in [-0.39, 0.29) is 18.9 Å². The third-order valence-electron chi connectivity index (χ3n) is 9.24. The Morgan fingerprint density at radius 1 is 0.904 bits per heavy atom. The average molecular weight is 714 g/mol. The van der Waals surface area contributed by atoms with E-state index in [9.17, 15) is 22.8 Å². The van der Waals surface area contributed by atoms with Crippen LogP contribution in [0.1, 0.15) is 38.9 Å². The van der Waals surface area contributed by atoms with Crippen molar-refractivity contribution < 1.29 is 32.2 Å². The summed E-state index contributed by atoms with van der Waals surface area (Å²) in [5.74, 6) is -0.689. The minimum absolute atomic E-state index is 0.139. The van der Waals surface area contributed by atoms with E-state index in [1.54, 1.807) is 16.8 Å². The SMILES string of the molecule is Cc1ccc(COCCN(C)C(=O)[C@H](Cc2ccccc2)N(Cc2ccc(N3CCOCC3)cc2)C(=O)C=Cc2ccc(C(F)(F)F)cc2)c(C)c1. The van der Waals surface area contributed by atoms with Crippen LogP contribution in [0.15, 0.2) is 103 Å². The number of amides is 2. The van der Waals surface area contributed by atoms with Crippen molar-refractivity contribution in [2.45, 2.75) is 45.6 Å². The molecule has 4 aromatic carbocycles. The topological polar surface area (TPSA) is 62.3 Å². The lowest BCUT2D eigenvalue weighted by atomic mass is 10.0. The molecule has 5 rings (SSSR count). The van der Waals surface area contributed by atoms with Gasteiger partial charge in [0.25, 0.3) is 0 Å². The zero-order valence-electron chi connectivity index (χ0n) is 29.9. The second-order valence-corrected chi connectivity index (χ2v) is 13.1. The summed E-state index contributed by atoms with van der Waals surface area (Å²) in [6.07, 6.45) is -1.40.